The monoisotopic (exact) mass is 400 g/mol. The highest BCUT2D eigenvalue weighted by atomic mass is 35.5. The number of nitrogens with one attached hydrogen (secondary N) is 1. The van der Waals surface area contributed by atoms with Crippen molar-refractivity contribution >= 4 is 23.3 Å². The summed E-state index contributed by atoms with van der Waals surface area (Å²) in [7, 11) is 0. The first-order valence-electron chi connectivity index (χ1n) is 8.29. The molecular formula is C18H18ClF3N3O2+. The fourth-order valence-corrected chi connectivity index (χ4v) is 3.29. The Morgan fingerprint density at radius 1 is 1.22 bits per heavy atom. The van der Waals surface area contributed by atoms with Crippen LogP contribution in [0.2, 0.25) is 5.02 Å². The molecule has 1 aromatic heterocycles. The lowest BCUT2D eigenvalue weighted by Gasteiger charge is -2.31. The summed E-state index contributed by atoms with van der Waals surface area (Å²) in [6.45, 7) is 3.24. The molecule has 9 heteroatoms. The molecule has 0 radical (unpaired) electrons. The number of piperazine rings is 1. The Morgan fingerprint density at radius 3 is 2.48 bits per heavy atom. The van der Waals surface area contributed by atoms with E-state index in [9.17, 15) is 23.1 Å². The molecular weight excluding hydrogens is 383 g/mol. The van der Waals surface area contributed by atoms with Gasteiger partial charge in [-0.1, -0.05) is 23.7 Å². The van der Waals surface area contributed by atoms with Gasteiger partial charge in [0.2, 0.25) is 0 Å². The van der Waals surface area contributed by atoms with Gasteiger partial charge >= 0.3 is 6.18 Å². The van der Waals surface area contributed by atoms with E-state index in [0.29, 0.717) is 37.6 Å². The van der Waals surface area contributed by atoms with Crippen LogP contribution in [-0.2, 0) is 6.18 Å². The van der Waals surface area contributed by atoms with Crippen molar-refractivity contribution in [1.82, 2.24) is 4.90 Å². The number of para-hydroxylation sites is 1. The van der Waals surface area contributed by atoms with Crippen molar-refractivity contribution in [3.05, 3.63) is 52.2 Å². The quantitative estimate of drug-likeness (QED) is 0.842. The maximum atomic E-state index is 12.7. The number of aromatic nitrogens is 1. The molecule has 1 fully saturated rings. The number of hydrogen-bond acceptors (Lipinski definition) is 3. The van der Waals surface area contributed by atoms with Crippen LogP contribution in [0.1, 0.15) is 21.5 Å². The smallest absolute Gasteiger partial charge is 0.419 e. The third-order valence-electron chi connectivity index (χ3n) is 4.55. The molecule has 1 amide bonds. The molecule has 0 bridgehead atoms. The Bertz CT molecular complexity index is 865. The number of benzene rings is 1. The summed E-state index contributed by atoms with van der Waals surface area (Å²) >= 11 is 6.02. The number of rotatable bonds is 2. The van der Waals surface area contributed by atoms with Gasteiger partial charge in [0.05, 0.1) is 24.2 Å². The molecule has 0 unspecified atom stereocenters. The van der Waals surface area contributed by atoms with Gasteiger partial charge in [0, 0.05) is 0 Å². The van der Waals surface area contributed by atoms with Crippen LogP contribution in [0.25, 0.3) is 0 Å². The van der Waals surface area contributed by atoms with E-state index in [2.05, 4.69) is 4.98 Å². The molecule has 0 atom stereocenters. The van der Waals surface area contributed by atoms with Gasteiger partial charge < -0.3 is 10.0 Å². The highest BCUT2D eigenvalue weighted by Gasteiger charge is 2.35. The number of carbonyl (C=O) groups excluding carboxylic acids is 1. The minimum absolute atomic E-state index is 0.0269. The number of alkyl halides is 3. The van der Waals surface area contributed by atoms with Crippen LogP contribution in [0.4, 0.5) is 19.0 Å². The van der Waals surface area contributed by atoms with Crippen LogP contribution in [0.3, 0.4) is 0 Å². The van der Waals surface area contributed by atoms with Crippen LogP contribution >= 0.6 is 11.6 Å². The fraction of sp³-hybridized carbons (Fsp3) is 0.333. The average Bonchev–Trinajstić information content (AvgIpc) is 2.63. The molecule has 27 heavy (non-hydrogen) atoms. The van der Waals surface area contributed by atoms with Gasteiger partial charge in [0.25, 0.3) is 11.7 Å². The van der Waals surface area contributed by atoms with Gasteiger partial charge in [-0.25, -0.2) is 4.98 Å². The molecule has 0 spiro atoms. The highest BCUT2D eigenvalue weighted by Crippen LogP contribution is 2.32. The maximum Gasteiger partial charge on any atom is 0.419 e. The second-order valence-corrected chi connectivity index (χ2v) is 6.74. The third kappa shape index (κ3) is 3.95. The van der Waals surface area contributed by atoms with Gasteiger partial charge in [-0.2, -0.15) is 13.2 Å². The number of amides is 1. The number of anilines is 1. The van der Waals surface area contributed by atoms with Crippen molar-refractivity contribution in [3.63, 3.8) is 0 Å². The van der Waals surface area contributed by atoms with Crippen LogP contribution < -0.4 is 9.88 Å². The van der Waals surface area contributed by atoms with Crippen LogP contribution in [-0.4, -0.2) is 42.1 Å². The number of phenolic OH excluding ortho intramolecular Hbond substituents is 1. The lowest BCUT2D eigenvalue weighted by molar-refractivity contribution is -0.367. The minimum Gasteiger partial charge on any atom is -0.507 e. The van der Waals surface area contributed by atoms with Gasteiger partial charge in [0.1, 0.15) is 30.1 Å². The molecule has 0 aliphatic carbocycles. The highest BCUT2D eigenvalue weighted by molar-refractivity contribution is 6.32. The molecule has 2 N–H and O–H groups in total. The van der Waals surface area contributed by atoms with E-state index in [1.54, 1.807) is 34.9 Å². The van der Waals surface area contributed by atoms with Gasteiger partial charge in [-0.15, -0.1) is 0 Å². The number of phenols is 1. The van der Waals surface area contributed by atoms with Crippen molar-refractivity contribution < 1.29 is 28.1 Å². The van der Waals surface area contributed by atoms with Crippen LogP contribution in [0, 0.1) is 6.92 Å². The van der Waals surface area contributed by atoms with E-state index >= 15 is 0 Å². The van der Waals surface area contributed by atoms with E-state index in [0.717, 1.165) is 12.3 Å². The summed E-state index contributed by atoms with van der Waals surface area (Å²) in [6.07, 6.45) is -3.59. The molecule has 144 valence electrons. The van der Waals surface area contributed by atoms with E-state index in [4.69, 9.17) is 11.6 Å². The molecule has 1 aliphatic rings. The van der Waals surface area contributed by atoms with Crippen molar-refractivity contribution in [2.24, 2.45) is 0 Å². The molecule has 1 aliphatic heterocycles. The topological polar surface area (TPSA) is 57.9 Å². The Labute approximate surface area is 159 Å². The molecule has 5 nitrogen and oxygen atoms in total. The normalized spacial score (nSPS) is 15.1. The van der Waals surface area contributed by atoms with Crippen molar-refractivity contribution in [2.75, 3.05) is 31.1 Å². The molecule has 0 saturated carbocycles. The molecule has 1 aromatic carbocycles. The van der Waals surface area contributed by atoms with Crippen molar-refractivity contribution in [1.29, 1.82) is 0 Å². The Balaban J connectivity index is 1.70. The Morgan fingerprint density at radius 2 is 1.89 bits per heavy atom. The largest absolute Gasteiger partial charge is 0.507 e. The van der Waals surface area contributed by atoms with E-state index in [1.807, 2.05) is 0 Å². The average molecular weight is 401 g/mol. The number of hydrogen-bond donors (Lipinski definition) is 1. The Hall–Kier alpha value is -2.48. The minimum atomic E-state index is -4.47. The van der Waals surface area contributed by atoms with Crippen LogP contribution in [0.5, 0.6) is 5.75 Å². The van der Waals surface area contributed by atoms with Gasteiger partial charge in [-0.05, 0) is 24.6 Å². The lowest BCUT2D eigenvalue weighted by atomic mass is 10.1. The zero-order chi connectivity index (χ0) is 19.8. The summed E-state index contributed by atoms with van der Waals surface area (Å²) in [5, 5.41) is 10.1. The first-order chi connectivity index (χ1) is 12.7. The molecule has 1 saturated heterocycles. The second kappa shape index (κ2) is 7.26. The van der Waals surface area contributed by atoms with Gasteiger partial charge in [0.15, 0.2) is 0 Å². The summed E-state index contributed by atoms with van der Waals surface area (Å²) in [6, 6.07) is 5.87. The number of aromatic amines is 1. The fourth-order valence-electron chi connectivity index (χ4n) is 3.00. The van der Waals surface area contributed by atoms with Crippen molar-refractivity contribution in [2.45, 2.75) is 13.1 Å². The Kier molecular flexibility index (Phi) is 5.19. The summed E-state index contributed by atoms with van der Waals surface area (Å²) in [5.41, 5.74) is 0.00758. The number of nitrogens with zero attached hydrogens (tertiary/aromatic N) is 2. The summed E-state index contributed by atoms with van der Waals surface area (Å²) < 4.78 is 38.2. The number of aromatic hydroxyl groups is 1. The van der Waals surface area contributed by atoms with E-state index < -0.39 is 11.7 Å². The molecule has 2 heterocycles. The predicted octanol–water partition coefficient (Wildman–Crippen LogP) is 3.15. The predicted molar refractivity (Wildman–Crippen MR) is 94.0 cm³/mol. The van der Waals surface area contributed by atoms with Gasteiger partial charge in [-0.3, -0.25) is 9.69 Å². The van der Waals surface area contributed by atoms with E-state index in [-0.39, 0.29) is 22.2 Å². The van der Waals surface area contributed by atoms with E-state index in [1.165, 1.54) is 0 Å². The van der Waals surface area contributed by atoms with Crippen molar-refractivity contribution in [3.8, 4) is 5.75 Å². The standard InChI is InChI=1S/C18H17ClF3N3O2/c1-11-3-2-4-13(15(11)26)17(27)25-7-5-24(6-8-25)16-14(19)9-12(10-23-16)18(20,21)22/h2-4,9-10,26H,5-8H2,1H3/p+1. The third-order valence-corrected chi connectivity index (χ3v) is 4.84. The first kappa shape index (κ1) is 19.3. The zero-order valence-corrected chi connectivity index (χ0v) is 15.2. The SMILES string of the molecule is Cc1cccc(C(=O)N2CCN(c3[nH+]cc(C(F)(F)F)cc3Cl)CC2)c1O. The second-order valence-electron chi connectivity index (χ2n) is 6.33. The zero-order valence-electron chi connectivity index (χ0n) is 14.5. The first-order valence-corrected chi connectivity index (χ1v) is 8.67. The summed E-state index contributed by atoms with van der Waals surface area (Å²) in [4.78, 5) is 18.6. The number of pyridine rings is 1. The number of carbonyl (C=O) groups is 1. The molecule has 2 aromatic rings. The number of aryl methyl sites for hydroxylation is 1. The number of halogens is 4. The molecule has 3 rings (SSSR count). The summed E-state index contributed by atoms with van der Waals surface area (Å²) in [5.74, 6) is 0.0672. The lowest BCUT2D eigenvalue weighted by Crippen LogP contribution is -2.50. The number of H-pyrrole nitrogens is 1. The van der Waals surface area contributed by atoms with Crippen LogP contribution in [0.15, 0.2) is 30.5 Å². The maximum absolute atomic E-state index is 12.7.